The zero-order valence-electron chi connectivity index (χ0n) is 12.4. The van der Waals surface area contributed by atoms with Gasteiger partial charge in [0.2, 0.25) is 0 Å². The van der Waals surface area contributed by atoms with Crippen LogP contribution in [0.1, 0.15) is 20.3 Å². The molecule has 2 aromatic carbocycles. The quantitative estimate of drug-likeness (QED) is 0.326. The van der Waals surface area contributed by atoms with Gasteiger partial charge in [0.1, 0.15) is 11.6 Å². The van der Waals surface area contributed by atoms with Gasteiger partial charge >= 0.3 is 0 Å². The van der Waals surface area contributed by atoms with Crippen LogP contribution in [0, 0.1) is 6.07 Å². The first kappa shape index (κ1) is 18.1. The second-order valence-electron chi connectivity index (χ2n) is 4.86. The van der Waals surface area contributed by atoms with Crippen molar-refractivity contribution >= 4 is 33.2 Å². The van der Waals surface area contributed by atoms with E-state index in [1.165, 1.54) is 24.6 Å². The van der Waals surface area contributed by atoms with E-state index in [1.807, 2.05) is 24.4 Å². The summed E-state index contributed by atoms with van der Waals surface area (Å²) in [5.41, 5.74) is 1.03. The van der Waals surface area contributed by atoms with Gasteiger partial charge in [-0.1, -0.05) is 18.2 Å². The molecule has 0 saturated carbocycles. The molecular weight excluding hydrogens is 454 g/mol. The summed E-state index contributed by atoms with van der Waals surface area (Å²) in [5, 5.41) is 3.46. The molecule has 3 nitrogen and oxygen atoms in total. The maximum atomic E-state index is 10.0. The van der Waals surface area contributed by atoms with Gasteiger partial charge in [-0.15, -0.1) is 35.0 Å². The molecule has 4 heteroatoms. The minimum atomic E-state index is -0.0625. The molecule has 0 amide bonds. The Balaban J connectivity index is 0.000000264. The third kappa shape index (κ3) is 4.83. The molecule has 3 rings (SSSR count). The van der Waals surface area contributed by atoms with Crippen molar-refractivity contribution in [2.24, 2.45) is 0 Å². The minimum Gasteiger partial charge on any atom is -0.304 e. The van der Waals surface area contributed by atoms with Gasteiger partial charge in [0.15, 0.2) is 0 Å². The molecule has 0 fully saturated rings. The van der Waals surface area contributed by atoms with Crippen LogP contribution >= 0.6 is 0 Å². The Bertz CT molecular complexity index is 732. The van der Waals surface area contributed by atoms with Crippen LogP contribution < -0.4 is 0 Å². The smallest absolute Gasteiger partial charge is 0.137 e. The van der Waals surface area contributed by atoms with Crippen molar-refractivity contribution in [1.82, 2.24) is 4.98 Å². The molecule has 1 radical (unpaired) electrons. The second kappa shape index (κ2) is 8.52. The number of hydrogen-bond acceptors (Lipinski definition) is 3. The fraction of sp³-hybridized carbons (Fsp3) is 0.167. The summed E-state index contributed by atoms with van der Waals surface area (Å²) < 4.78 is 0. The van der Waals surface area contributed by atoms with Gasteiger partial charge < -0.3 is 4.98 Å². The number of carbonyl (C=O) groups excluding carboxylic acids is 2. The molecule has 1 heterocycles. The van der Waals surface area contributed by atoms with E-state index in [9.17, 15) is 9.59 Å². The predicted molar refractivity (Wildman–Crippen MR) is 84.1 cm³/mol. The van der Waals surface area contributed by atoms with Crippen molar-refractivity contribution in [3.8, 4) is 0 Å². The summed E-state index contributed by atoms with van der Waals surface area (Å²) in [6, 6.07) is 17.5. The van der Waals surface area contributed by atoms with Crippen LogP contribution in [0.3, 0.4) is 0 Å². The first-order valence-electron chi connectivity index (χ1n) is 6.71. The fourth-order valence-corrected chi connectivity index (χ4v) is 2.09. The third-order valence-electron chi connectivity index (χ3n) is 2.90. The van der Waals surface area contributed by atoms with E-state index in [2.05, 4.69) is 35.3 Å². The van der Waals surface area contributed by atoms with Gasteiger partial charge in [-0.25, -0.2) is 0 Å². The van der Waals surface area contributed by atoms with E-state index < -0.39 is 0 Å². The van der Waals surface area contributed by atoms with Crippen LogP contribution in [0.5, 0.6) is 0 Å². The molecule has 0 atom stereocenters. The molecule has 3 aromatic rings. The summed E-state index contributed by atoms with van der Waals surface area (Å²) in [5.74, 6) is -0.125. The number of nitrogens with zero attached hydrogens (tertiary/aromatic N) is 1. The van der Waals surface area contributed by atoms with Crippen LogP contribution in [-0.4, -0.2) is 16.6 Å². The zero-order valence-corrected chi connectivity index (χ0v) is 14.8. The van der Waals surface area contributed by atoms with Crippen molar-refractivity contribution < 1.29 is 29.7 Å². The van der Waals surface area contributed by atoms with Gasteiger partial charge in [-0.05, 0) is 30.8 Å². The molecule has 0 aliphatic carbocycles. The Morgan fingerprint density at radius 1 is 1.00 bits per heavy atom. The second-order valence-corrected chi connectivity index (χ2v) is 4.86. The SMILES string of the molecule is CC(=O)CC(C)=O.[Ir].[c-]1cccc2ccc3cccnc3c12. The number of ketones is 2. The molecule has 0 aliphatic heterocycles. The number of benzene rings is 2. The van der Waals surface area contributed by atoms with Crippen LogP contribution in [0.4, 0.5) is 0 Å². The molecule has 22 heavy (non-hydrogen) atoms. The normalized spacial score (nSPS) is 9.55. The summed E-state index contributed by atoms with van der Waals surface area (Å²) in [6.45, 7) is 2.81. The molecule has 0 saturated heterocycles. The number of carbonyl (C=O) groups is 2. The molecule has 115 valence electrons. The fourth-order valence-electron chi connectivity index (χ4n) is 2.09. The molecule has 0 bridgehead atoms. The first-order valence-corrected chi connectivity index (χ1v) is 6.71. The van der Waals surface area contributed by atoms with Crippen LogP contribution in [-0.2, 0) is 29.7 Å². The van der Waals surface area contributed by atoms with Gasteiger partial charge in [0, 0.05) is 26.3 Å². The molecule has 1 aromatic heterocycles. The van der Waals surface area contributed by atoms with Gasteiger partial charge in [-0.2, -0.15) is 0 Å². The van der Waals surface area contributed by atoms with Gasteiger partial charge in [-0.3, -0.25) is 9.59 Å². The van der Waals surface area contributed by atoms with Crippen molar-refractivity contribution in [3.05, 3.63) is 54.7 Å². The monoisotopic (exact) mass is 471 g/mol. The Kier molecular flexibility index (Phi) is 7.03. The van der Waals surface area contributed by atoms with Crippen LogP contribution in [0.2, 0.25) is 0 Å². The van der Waals surface area contributed by atoms with Crippen LogP contribution in [0.15, 0.2) is 48.7 Å². The predicted octanol–water partition coefficient (Wildman–Crippen LogP) is 3.74. The Labute approximate surface area is 143 Å². The average Bonchev–Trinajstić information content (AvgIpc) is 2.46. The number of Topliss-reactive ketones (excluding diaryl/α,β-unsaturated/α-hetero) is 2. The average molecular weight is 471 g/mol. The summed E-state index contributed by atoms with van der Waals surface area (Å²) in [7, 11) is 0. The third-order valence-corrected chi connectivity index (χ3v) is 2.90. The molecule has 0 spiro atoms. The zero-order chi connectivity index (χ0) is 15.2. The summed E-state index contributed by atoms with van der Waals surface area (Å²) >= 11 is 0. The minimum absolute atomic E-state index is 0. The van der Waals surface area contributed by atoms with E-state index in [-0.39, 0.29) is 38.1 Å². The molecule has 0 N–H and O–H groups in total. The number of rotatable bonds is 2. The molecule has 0 aliphatic rings. The van der Waals surface area contributed by atoms with E-state index in [1.54, 1.807) is 0 Å². The van der Waals surface area contributed by atoms with Crippen molar-refractivity contribution in [2.45, 2.75) is 20.3 Å². The Hall–Kier alpha value is -1.90. The number of hydrogen-bond donors (Lipinski definition) is 0. The number of aromatic nitrogens is 1. The number of pyridine rings is 1. The summed E-state index contributed by atoms with van der Waals surface area (Å²) in [4.78, 5) is 24.4. The van der Waals surface area contributed by atoms with Gasteiger partial charge in [0.05, 0.1) is 6.42 Å². The molecule has 0 unspecified atom stereocenters. The van der Waals surface area contributed by atoms with Gasteiger partial charge in [0.25, 0.3) is 0 Å². The van der Waals surface area contributed by atoms with E-state index in [4.69, 9.17) is 0 Å². The molecular formula is C18H16IrNO2-. The van der Waals surface area contributed by atoms with E-state index in [0.717, 1.165) is 10.9 Å². The first-order chi connectivity index (χ1) is 10.1. The van der Waals surface area contributed by atoms with E-state index >= 15 is 0 Å². The van der Waals surface area contributed by atoms with Crippen molar-refractivity contribution in [3.63, 3.8) is 0 Å². The topological polar surface area (TPSA) is 47.0 Å². The van der Waals surface area contributed by atoms with E-state index in [0.29, 0.717) is 0 Å². The standard InChI is InChI=1S/C13H8N.C5H8O2.Ir/c1-2-6-12-10(4-1)7-8-11-5-3-9-14-13(11)12;1-4(6)3-5(2)7;/h1-5,7-9H;3H2,1-2H3;/q-1;;. The maximum Gasteiger partial charge on any atom is 0.137 e. The van der Waals surface area contributed by atoms with Crippen LogP contribution in [0.25, 0.3) is 21.7 Å². The Morgan fingerprint density at radius 2 is 1.64 bits per heavy atom. The summed E-state index contributed by atoms with van der Waals surface area (Å²) in [6.07, 6.45) is 1.91. The van der Waals surface area contributed by atoms with Crippen molar-refractivity contribution in [1.29, 1.82) is 0 Å². The van der Waals surface area contributed by atoms with Crippen molar-refractivity contribution in [2.75, 3.05) is 0 Å². The maximum absolute atomic E-state index is 10.0. The number of fused-ring (bicyclic) bond motifs is 3. The Morgan fingerprint density at radius 3 is 2.27 bits per heavy atom. The largest absolute Gasteiger partial charge is 0.304 e.